The molecule has 0 atom stereocenters. The van der Waals surface area contributed by atoms with Crippen LogP contribution in [0.3, 0.4) is 0 Å². The SMILES string of the molecule is CCCCNCc1coc(-c2ccc(-n3cnc4ccccc43)cc2)n1. The van der Waals surface area contributed by atoms with E-state index in [2.05, 4.69) is 45.0 Å². The molecule has 2 heterocycles. The summed E-state index contributed by atoms with van der Waals surface area (Å²) in [5, 5.41) is 3.38. The largest absolute Gasteiger partial charge is 0.444 e. The second kappa shape index (κ2) is 7.54. The van der Waals surface area contributed by atoms with Crippen molar-refractivity contribution in [2.24, 2.45) is 0 Å². The highest BCUT2D eigenvalue weighted by molar-refractivity contribution is 5.77. The monoisotopic (exact) mass is 346 g/mol. The van der Waals surface area contributed by atoms with Crippen molar-refractivity contribution in [3.8, 4) is 17.1 Å². The first-order chi connectivity index (χ1) is 12.8. The number of nitrogens with one attached hydrogen (secondary N) is 1. The van der Waals surface area contributed by atoms with E-state index in [9.17, 15) is 0 Å². The second-order valence-corrected chi connectivity index (χ2v) is 6.32. The van der Waals surface area contributed by atoms with Gasteiger partial charge < -0.3 is 9.73 Å². The van der Waals surface area contributed by atoms with Gasteiger partial charge in [-0.25, -0.2) is 9.97 Å². The van der Waals surface area contributed by atoms with Gasteiger partial charge in [0.1, 0.15) is 12.6 Å². The van der Waals surface area contributed by atoms with Crippen LogP contribution < -0.4 is 5.32 Å². The minimum atomic E-state index is 0.652. The van der Waals surface area contributed by atoms with E-state index in [-0.39, 0.29) is 0 Å². The Kier molecular flexibility index (Phi) is 4.80. The molecule has 2 aromatic heterocycles. The zero-order valence-corrected chi connectivity index (χ0v) is 14.9. The quantitative estimate of drug-likeness (QED) is 0.498. The van der Waals surface area contributed by atoms with Crippen molar-refractivity contribution in [1.82, 2.24) is 19.9 Å². The van der Waals surface area contributed by atoms with Crippen molar-refractivity contribution < 1.29 is 4.42 Å². The fourth-order valence-corrected chi connectivity index (χ4v) is 2.97. The standard InChI is InChI=1S/C21H22N4O/c1-2-3-12-22-13-17-14-26-21(24-17)16-8-10-18(11-9-16)25-15-23-19-6-4-5-7-20(19)25/h4-11,14-15,22H,2-3,12-13H2,1H3. The van der Waals surface area contributed by atoms with Crippen molar-refractivity contribution >= 4 is 11.0 Å². The van der Waals surface area contributed by atoms with E-state index >= 15 is 0 Å². The van der Waals surface area contributed by atoms with Gasteiger partial charge in [-0.05, 0) is 49.4 Å². The third kappa shape index (κ3) is 3.39. The Morgan fingerprint density at radius 2 is 1.92 bits per heavy atom. The number of hydrogen-bond acceptors (Lipinski definition) is 4. The Labute approximate surface area is 152 Å². The molecule has 0 fully saturated rings. The number of para-hydroxylation sites is 2. The average molecular weight is 346 g/mol. The van der Waals surface area contributed by atoms with Gasteiger partial charge in [-0.15, -0.1) is 0 Å². The highest BCUT2D eigenvalue weighted by Gasteiger charge is 2.08. The van der Waals surface area contributed by atoms with Crippen molar-refractivity contribution in [1.29, 1.82) is 0 Å². The van der Waals surface area contributed by atoms with Crippen LogP contribution in [-0.2, 0) is 6.54 Å². The summed E-state index contributed by atoms with van der Waals surface area (Å²) in [5.74, 6) is 0.652. The van der Waals surface area contributed by atoms with Gasteiger partial charge in [0.2, 0.25) is 5.89 Å². The van der Waals surface area contributed by atoms with Crippen LogP contribution in [0.25, 0.3) is 28.2 Å². The van der Waals surface area contributed by atoms with Crippen LogP contribution in [0.15, 0.2) is 65.5 Å². The molecule has 4 aromatic rings. The van der Waals surface area contributed by atoms with Crippen LogP contribution in [0.5, 0.6) is 0 Å². The maximum Gasteiger partial charge on any atom is 0.226 e. The molecule has 2 aromatic carbocycles. The lowest BCUT2D eigenvalue weighted by Crippen LogP contribution is -2.14. The Morgan fingerprint density at radius 1 is 1.08 bits per heavy atom. The number of oxazole rings is 1. The highest BCUT2D eigenvalue weighted by Crippen LogP contribution is 2.23. The van der Waals surface area contributed by atoms with E-state index in [1.54, 1.807) is 6.26 Å². The van der Waals surface area contributed by atoms with Gasteiger partial charge in [-0.1, -0.05) is 25.5 Å². The maximum atomic E-state index is 5.64. The lowest BCUT2D eigenvalue weighted by atomic mass is 10.2. The third-order valence-corrected chi connectivity index (χ3v) is 4.41. The second-order valence-electron chi connectivity index (χ2n) is 6.32. The van der Waals surface area contributed by atoms with Gasteiger partial charge in [-0.3, -0.25) is 4.57 Å². The van der Waals surface area contributed by atoms with Crippen LogP contribution in [0.4, 0.5) is 0 Å². The molecule has 0 unspecified atom stereocenters. The summed E-state index contributed by atoms with van der Waals surface area (Å²) in [6.07, 6.45) is 5.95. The number of fused-ring (bicyclic) bond motifs is 1. The molecule has 132 valence electrons. The summed E-state index contributed by atoms with van der Waals surface area (Å²) in [7, 11) is 0. The van der Waals surface area contributed by atoms with Crippen LogP contribution in [0.2, 0.25) is 0 Å². The van der Waals surface area contributed by atoms with Gasteiger partial charge >= 0.3 is 0 Å². The molecular weight excluding hydrogens is 324 g/mol. The van der Waals surface area contributed by atoms with Crippen molar-refractivity contribution in [3.63, 3.8) is 0 Å². The first kappa shape index (κ1) is 16.5. The molecule has 0 amide bonds. The van der Waals surface area contributed by atoms with E-state index in [0.29, 0.717) is 5.89 Å². The number of nitrogens with zero attached hydrogens (tertiary/aromatic N) is 3. The Balaban J connectivity index is 1.50. The molecule has 4 rings (SSSR count). The van der Waals surface area contributed by atoms with Crippen LogP contribution in [0.1, 0.15) is 25.5 Å². The summed E-state index contributed by atoms with van der Waals surface area (Å²) >= 11 is 0. The van der Waals surface area contributed by atoms with E-state index in [4.69, 9.17) is 4.42 Å². The van der Waals surface area contributed by atoms with Crippen LogP contribution >= 0.6 is 0 Å². The lowest BCUT2D eigenvalue weighted by molar-refractivity contribution is 0.569. The molecule has 0 aliphatic rings. The predicted molar refractivity (Wildman–Crippen MR) is 103 cm³/mol. The van der Waals surface area contributed by atoms with Gasteiger partial charge in [0.05, 0.1) is 16.7 Å². The van der Waals surface area contributed by atoms with Gasteiger partial charge in [0, 0.05) is 17.8 Å². The molecular formula is C21H22N4O. The molecule has 0 radical (unpaired) electrons. The van der Waals surface area contributed by atoms with Crippen LogP contribution in [0, 0.1) is 0 Å². The molecule has 0 aliphatic carbocycles. The van der Waals surface area contributed by atoms with Gasteiger partial charge in [0.25, 0.3) is 0 Å². The van der Waals surface area contributed by atoms with E-state index in [1.165, 1.54) is 12.8 Å². The van der Waals surface area contributed by atoms with E-state index in [0.717, 1.165) is 41.1 Å². The molecule has 1 N–H and O–H groups in total. The fourth-order valence-electron chi connectivity index (χ4n) is 2.97. The van der Waals surface area contributed by atoms with Crippen molar-refractivity contribution in [2.75, 3.05) is 6.54 Å². The minimum absolute atomic E-state index is 0.652. The van der Waals surface area contributed by atoms with Crippen molar-refractivity contribution in [3.05, 3.63) is 66.8 Å². The number of rotatable bonds is 7. The fraction of sp³-hybridized carbons (Fsp3) is 0.238. The average Bonchev–Trinajstić information content (AvgIpc) is 3.33. The molecule has 26 heavy (non-hydrogen) atoms. The molecule has 0 spiro atoms. The summed E-state index contributed by atoms with van der Waals surface area (Å²) in [4.78, 5) is 9.02. The van der Waals surface area contributed by atoms with Crippen LogP contribution in [-0.4, -0.2) is 21.1 Å². The molecule has 0 aliphatic heterocycles. The number of benzene rings is 2. The zero-order valence-electron chi connectivity index (χ0n) is 14.9. The molecule has 0 bridgehead atoms. The number of unbranched alkanes of at least 4 members (excludes halogenated alkanes) is 1. The normalized spacial score (nSPS) is 11.3. The van der Waals surface area contributed by atoms with Crippen molar-refractivity contribution in [2.45, 2.75) is 26.3 Å². The molecule has 0 saturated heterocycles. The highest BCUT2D eigenvalue weighted by atomic mass is 16.3. The Hall–Kier alpha value is -2.92. The van der Waals surface area contributed by atoms with Gasteiger partial charge in [0.15, 0.2) is 0 Å². The summed E-state index contributed by atoms with van der Waals surface area (Å²) in [6, 6.07) is 16.3. The number of hydrogen-bond donors (Lipinski definition) is 1. The summed E-state index contributed by atoms with van der Waals surface area (Å²) in [5.41, 5.74) is 5.05. The predicted octanol–water partition coefficient (Wildman–Crippen LogP) is 4.57. The van der Waals surface area contributed by atoms with E-state index < -0.39 is 0 Å². The summed E-state index contributed by atoms with van der Waals surface area (Å²) < 4.78 is 7.72. The molecule has 5 heteroatoms. The van der Waals surface area contributed by atoms with E-state index in [1.807, 2.05) is 36.7 Å². The zero-order chi connectivity index (χ0) is 17.8. The number of imidazole rings is 1. The Morgan fingerprint density at radius 3 is 2.77 bits per heavy atom. The third-order valence-electron chi connectivity index (χ3n) is 4.41. The van der Waals surface area contributed by atoms with Gasteiger partial charge in [-0.2, -0.15) is 0 Å². The lowest BCUT2D eigenvalue weighted by Gasteiger charge is -2.05. The first-order valence-corrected chi connectivity index (χ1v) is 9.03. The smallest absolute Gasteiger partial charge is 0.226 e. The molecule has 5 nitrogen and oxygen atoms in total. The first-order valence-electron chi connectivity index (χ1n) is 9.03. The Bertz CT molecular complexity index is 985. The number of aromatic nitrogens is 3. The minimum Gasteiger partial charge on any atom is -0.444 e. The maximum absolute atomic E-state index is 5.64. The topological polar surface area (TPSA) is 55.9 Å². The molecule has 0 saturated carbocycles. The summed E-state index contributed by atoms with van der Waals surface area (Å²) in [6.45, 7) is 3.93.